The predicted octanol–water partition coefficient (Wildman–Crippen LogP) is 1.56. The van der Waals surface area contributed by atoms with Crippen LogP contribution in [0.3, 0.4) is 0 Å². The number of ether oxygens (including phenoxy) is 1. The van der Waals surface area contributed by atoms with Crippen molar-refractivity contribution in [1.82, 2.24) is 4.98 Å². The van der Waals surface area contributed by atoms with Crippen molar-refractivity contribution in [2.75, 3.05) is 0 Å². The second-order valence-electron chi connectivity index (χ2n) is 3.00. The Morgan fingerprint density at radius 3 is 2.62 bits per heavy atom. The van der Waals surface area contributed by atoms with Crippen molar-refractivity contribution in [1.29, 1.82) is 0 Å². The van der Waals surface area contributed by atoms with Crippen LogP contribution in [0.2, 0.25) is 0 Å². The third-order valence-corrected chi connectivity index (χ3v) is 1.87. The Kier molecular flexibility index (Phi) is 3.48. The van der Waals surface area contributed by atoms with Crippen LogP contribution < -0.4 is 10.5 Å². The minimum Gasteiger partial charge on any atom is -0.403 e. The van der Waals surface area contributed by atoms with Gasteiger partial charge in [0, 0.05) is 12.7 Å². The van der Waals surface area contributed by atoms with E-state index in [-0.39, 0.29) is 24.1 Å². The lowest BCUT2D eigenvalue weighted by atomic mass is 10.1. The molecule has 88 valence electrons. The molecule has 0 atom stereocenters. The Hall–Kier alpha value is -1.63. The maximum atomic E-state index is 12.1. The van der Waals surface area contributed by atoms with Crippen LogP contribution in [0.15, 0.2) is 6.20 Å². The molecule has 1 aromatic rings. The number of pyridine rings is 1. The van der Waals surface area contributed by atoms with Crippen LogP contribution in [0.4, 0.5) is 13.2 Å². The smallest absolute Gasteiger partial charge is 0.403 e. The van der Waals surface area contributed by atoms with E-state index in [0.29, 0.717) is 5.56 Å². The fourth-order valence-corrected chi connectivity index (χ4v) is 1.16. The second-order valence-corrected chi connectivity index (χ2v) is 3.00. The standard InChI is InChI=1S/C9H9F3N2O2/c1-5-3-14-7(2-13)8(6(5)4-15)16-9(10,11)12/h3-4H,2,13H2,1H3. The number of halogens is 3. The van der Waals surface area contributed by atoms with Gasteiger partial charge in [-0.3, -0.25) is 9.78 Å². The van der Waals surface area contributed by atoms with Crippen molar-refractivity contribution in [2.45, 2.75) is 19.8 Å². The number of nitrogens with two attached hydrogens (primary N) is 1. The molecule has 0 bridgehead atoms. The zero-order chi connectivity index (χ0) is 12.3. The van der Waals surface area contributed by atoms with Gasteiger partial charge in [0.2, 0.25) is 0 Å². The number of hydrogen-bond acceptors (Lipinski definition) is 4. The summed E-state index contributed by atoms with van der Waals surface area (Å²) in [5.74, 6) is -0.620. The van der Waals surface area contributed by atoms with Crippen molar-refractivity contribution in [3.63, 3.8) is 0 Å². The Morgan fingerprint density at radius 1 is 1.56 bits per heavy atom. The zero-order valence-electron chi connectivity index (χ0n) is 8.34. The summed E-state index contributed by atoms with van der Waals surface area (Å²) in [4.78, 5) is 14.4. The molecule has 0 unspecified atom stereocenters. The first-order valence-electron chi connectivity index (χ1n) is 4.28. The summed E-state index contributed by atoms with van der Waals surface area (Å²) < 4.78 is 40.0. The largest absolute Gasteiger partial charge is 0.573 e. The van der Waals surface area contributed by atoms with E-state index in [0.717, 1.165) is 0 Å². The molecule has 0 amide bonds. The van der Waals surface area contributed by atoms with Crippen LogP contribution >= 0.6 is 0 Å². The van der Waals surface area contributed by atoms with Crippen LogP contribution in [-0.4, -0.2) is 17.6 Å². The molecular weight excluding hydrogens is 225 g/mol. The number of alkyl halides is 3. The molecule has 0 spiro atoms. The molecule has 7 heteroatoms. The molecule has 1 heterocycles. The molecule has 0 radical (unpaired) electrons. The maximum Gasteiger partial charge on any atom is 0.573 e. The number of aryl methyl sites for hydroxylation is 1. The Balaban J connectivity index is 3.31. The molecule has 0 aromatic carbocycles. The van der Waals surface area contributed by atoms with Gasteiger partial charge < -0.3 is 10.5 Å². The van der Waals surface area contributed by atoms with Gasteiger partial charge in [-0.05, 0) is 12.5 Å². The van der Waals surface area contributed by atoms with E-state index in [2.05, 4.69) is 9.72 Å². The topological polar surface area (TPSA) is 65.2 Å². The van der Waals surface area contributed by atoms with E-state index in [1.165, 1.54) is 13.1 Å². The first-order chi connectivity index (χ1) is 7.39. The fraction of sp³-hybridized carbons (Fsp3) is 0.333. The van der Waals surface area contributed by atoms with Crippen molar-refractivity contribution in [2.24, 2.45) is 5.73 Å². The van der Waals surface area contributed by atoms with Gasteiger partial charge in [-0.15, -0.1) is 13.2 Å². The normalized spacial score (nSPS) is 11.3. The second kappa shape index (κ2) is 4.48. The predicted molar refractivity (Wildman–Crippen MR) is 48.9 cm³/mol. The highest BCUT2D eigenvalue weighted by atomic mass is 19.4. The van der Waals surface area contributed by atoms with Crippen LogP contribution in [0.1, 0.15) is 21.6 Å². The number of aromatic nitrogens is 1. The van der Waals surface area contributed by atoms with Gasteiger partial charge in [-0.25, -0.2) is 0 Å². The molecule has 16 heavy (non-hydrogen) atoms. The monoisotopic (exact) mass is 234 g/mol. The molecule has 4 nitrogen and oxygen atoms in total. The highest BCUT2D eigenvalue weighted by Gasteiger charge is 2.33. The molecule has 1 rings (SSSR count). The third kappa shape index (κ3) is 2.69. The van der Waals surface area contributed by atoms with E-state index in [1.54, 1.807) is 0 Å². The van der Waals surface area contributed by atoms with Gasteiger partial charge in [0.1, 0.15) is 0 Å². The van der Waals surface area contributed by atoms with E-state index in [9.17, 15) is 18.0 Å². The Labute approximate surface area is 89.2 Å². The Morgan fingerprint density at radius 2 is 2.19 bits per heavy atom. The summed E-state index contributed by atoms with van der Waals surface area (Å²) in [6.45, 7) is 1.22. The van der Waals surface area contributed by atoms with Crippen LogP contribution in [0.5, 0.6) is 5.75 Å². The molecule has 0 aliphatic carbocycles. The SMILES string of the molecule is Cc1cnc(CN)c(OC(F)(F)F)c1C=O. The molecule has 2 N–H and O–H groups in total. The summed E-state index contributed by atoms with van der Waals surface area (Å²) in [6, 6.07) is 0. The molecule has 0 saturated carbocycles. The number of carbonyl (C=O) groups is 1. The van der Waals surface area contributed by atoms with E-state index in [4.69, 9.17) is 5.73 Å². The Bertz CT molecular complexity index is 404. The third-order valence-electron chi connectivity index (χ3n) is 1.87. The van der Waals surface area contributed by atoms with Crippen molar-refractivity contribution in [3.05, 3.63) is 23.0 Å². The average Bonchev–Trinajstić information content (AvgIpc) is 2.16. The van der Waals surface area contributed by atoms with Crippen molar-refractivity contribution >= 4 is 6.29 Å². The number of nitrogens with zero attached hydrogens (tertiary/aromatic N) is 1. The molecule has 0 aliphatic heterocycles. The number of hydrogen-bond donors (Lipinski definition) is 1. The molecule has 0 aliphatic rings. The number of rotatable bonds is 3. The molecule has 0 fully saturated rings. The van der Waals surface area contributed by atoms with Crippen LogP contribution in [0, 0.1) is 6.92 Å². The summed E-state index contributed by atoms with van der Waals surface area (Å²) in [6.07, 6.45) is -3.32. The first-order valence-corrected chi connectivity index (χ1v) is 4.28. The molecule has 0 saturated heterocycles. The molecule has 1 aromatic heterocycles. The molecular formula is C9H9F3N2O2. The highest BCUT2D eigenvalue weighted by Crippen LogP contribution is 2.29. The zero-order valence-corrected chi connectivity index (χ0v) is 8.34. The lowest BCUT2D eigenvalue weighted by molar-refractivity contribution is -0.275. The van der Waals surface area contributed by atoms with Gasteiger partial charge in [-0.1, -0.05) is 0 Å². The summed E-state index contributed by atoms with van der Waals surface area (Å²) in [5, 5.41) is 0. The van der Waals surface area contributed by atoms with Crippen LogP contribution in [0.25, 0.3) is 0 Å². The minimum atomic E-state index is -4.88. The fourth-order valence-electron chi connectivity index (χ4n) is 1.16. The quantitative estimate of drug-likeness (QED) is 0.806. The number of carbonyl (C=O) groups excluding carboxylic acids is 1. The van der Waals surface area contributed by atoms with Gasteiger partial charge in [0.25, 0.3) is 0 Å². The van der Waals surface area contributed by atoms with Crippen LogP contribution in [-0.2, 0) is 6.54 Å². The maximum absolute atomic E-state index is 12.1. The van der Waals surface area contributed by atoms with E-state index >= 15 is 0 Å². The van der Waals surface area contributed by atoms with E-state index < -0.39 is 12.1 Å². The van der Waals surface area contributed by atoms with E-state index in [1.807, 2.05) is 0 Å². The lowest BCUT2D eigenvalue weighted by Crippen LogP contribution is -2.21. The minimum absolute atomic E-state index is 0.106. The lowest BCUT2D eigenvalue weighted by Gasteiger charge is -2.14. The van der Waals surface area contributed by atoms with Gasteiger partial charge in [-0.2, -0.15) is 0 Å². The van der Waals surface area contributed by atoms with Crippen molar-refractivity contribution in [3.8, 4) is 5.75 Å². The summed E-state index contributed by atoms with van der Waals surface area (Å²) in [7, 11) is 0. The summed E-state index contributed by atoms with van der Waals surface area (Å²) in [5.41, 5.74) is 5.22. The highest BCUT2D eigenvalue weighted by molar-refractivity contribution is 5.81. The average molecular weight is 234 g/mol. The number of aldehydes is 1. The van der Waals surface area contributed by atoms with Crippen molar-refractivity contribution < 1.29 is 22.7 Å². The first kappa shape index (κ1) is 12.4. The van der Waals surface area contributed by atoms with Gasteiger partial charge >= 0.3 is 6.36 Å². The van der Waals surface area contributed by atoms with Gasteiger partial charge in [0.05, 0.1) is 11.3 Å². The van der Waals surface area contributed by atoms with Gasteiger partial charge in [0.15, 0.2) is 12.0 Å². The summed E-state index contributed by atoms with van der Waals surface area (Å²) >= 11 is 0.